The van der Waals surface area contributed by atoms with Crippen LogP contribution in [-0.2, 0) is 6.54 Å². The molecule has 0 bridgehead atoms. The summed E-state index contributed by atoms with van der Waals surface area (Å²) in [5, 5.41) is 4.44. The van der Waals surface area contributed by atoms with E-state index in [4.69, 9.17) is 0 Å². The summed E-state index contributed by atoms with van der Waals surface area (Å²) in [5.41, 5.74) is 1.67. The van der Waals surface area contributed by atoms with Gasteiger partial charge in [-0.2, -0.15) is 5.10 Å². The Bertz CT molecular complexity index is 630. The van der Waals surface area contributed by atoms with Gasteiger partial charge in [0.25, 0.3) is 5.91 Å². The largest absolute Gasteiger partial charge is 0.332 e. The lowest BCUT2D eigenvalue weighted by Crippen LogP contribution is -2.42. The minimum absolute atomic E-state index is 0.0457. The van der Waals surface area contributed by atoms with Crippen LogP contribution in [0.5, 0.6) is 0 Å². The van der Waals surface area contributed by atoms with E-state index in [1.165, 1.54) is 5.56 Å². The molecule has 0 radical (unpaired) electrons. The molecule has 0 aliphatic carbocycles. The van der Waals surface area contributed by atoms with E-state index in [1.54, 1.807) is 0 Å². The number of likely N-dealkylation sites (tertiary alicyclic amines) is 1. The highest BCUT2D eigenvalue weighted by Crippen LogP contribution is 2.29. The fraction of sp³-hybridized carbons (Fsp3) is 0.412. The van der Waals surface area contributed by atoms with Gasteiger partial charge in [-0.3, -0.25) is 9.48 Å². The quantitative estimate of drug-likeness (QED) is 0.868. The molecule has 3 rings (SSSR count). The van der Waals surface area contributed by atoms with Gasteiger partial charge in [0.15, 0.2) is 0 Å². The first-order valence-electron chi connectivity index (χ1n) is 7.46. The summed E-state index contributed by atoms with van der Waals surface area (Å²) in [4.78, 5) is 14.5. The number of hydrogen-bond acceptors (Lipinski definition) is 2. The zero-order valence-corrected chi connectivity index (χ0v) is 12.6. The molecule has 110 valence electrons. The van der Waals surface area contributed by atoms with Gasteiger partial charge < -0.3 is 4.90 Å². The predicted molar refractivity (Wildman–Crippen MR) is 82.1 cm³/mol. The second-order valence-electron chi connectivity index (χ2n) is 6.26. The predicted octanol–water partition coefficient (Wildman–Crippen LogP) is 2.95. The van der Waals surface area contributed by atoms with Crippen molar-refractivity contribution in [3.8, 4) is 0 Å². The fourth-order valence-corrected chi connectivity index (χ4v) is 2.96. The monoisotopic (exact) mass is 283 g/mol. The van der Waals surface area contributed by atoms with Crippen LogP contribution in [0.1, 0.15) is 42.7 Å². The summed E-state index contributed by atoms with van der Waals surface area (Å²) in [6.07, 6.45) is 4.01. The molecule has 2 aromatic rings. The van der Waals surface area contributed by atoms with E-state index in [0.29, 0.717) is 12.2 Å². The van der Waals surface area contributed by atoms with Gasteiger partial charge in [0.1, 0.15) is 5.69 Å². The van der Waals surface area contributed by atoms with Gasteiger partial charge in [0.05, 0.1) is 6.54 Å². The van der Waals surface area contributed by atoms with Crippen LogP contribution in [0.2, 0.25) is 0 Å². The van der Waals surface area contributed by atoms with E-state index in [1.807, 2.05) is 40.0 Å². The Morgan fingerprint density at radius 3 is 2.67 bits per heavy atom. The number of amides is 1. The Morgan fingerprint density at radius 2 is 2.00 bits per heavy atom. The summed E-state index contributed by atoms with van der Waals surface area (Å²) in [6, 6.07) is 12.0. The maximum absolute atomic E-state index is 12.6. The van der Waals surface area contributed by atoms with Crippen molar-refractivity contribution in [3.05, 3.63) is 53.9 Å². The zero-order valence-electron chi connectivity index (χ0n) is 12.6. The molecule has 4 nitrogen and oxygen atoms in total. The first-order chi connectivity index (χ1) is 10.1. The van der Waals surface area contributed by atoms with E-state index < -0.39 is 0 Å². The van der Waals surface area contributed by atoms with Crippen LogP contribution in [-0.4, -0.2) is 32.7 Å². The molecule has 1 saturated heterocycles. The highest BCUT2D eigenvalue weighted by atomic mass is 16.2. The lowest BCUT2D eigenvalue weighted by molar-refractivity contribution is 0.0645. The second-order valence-corrected chi connectivity index (χ2v) is 6.26. The highest BCUT2D eigenvalue weighted by Gasteiger charge is 2.36. The molecule has 1 aliphatic heterocycles. The summed E-state index contributed by atoms with van der Waals surface area (Å²) in [5.74, 6) is 0.0457. The normalized spacial score (nSPS) is 17.1. The number of aromatic nitrogens is 2. The number of nitrogens with zero attached hydrogens (tertiary/aromatic N) is 3. The molecule has 1 amide bonds. The number of carbonyl (C=O) groups is 1. The van der Waals surface area contributed by atoms with Crippen molar-refractivity contribution < 1.29 is 4.79 Å². The molecule has 1 aromatic carbocycles. The molecule has 0 atom stereocenters. The molecule has 2 heterocycles. The van der Waals surface area contributed by atoms with Gasteiger partial charge in [-0.05, 0) is 38.3 Å². The summed E-state index contributed by atoms with van der Waals surface area (Å²) < 4.78 is 1.83. The van der Waals surface area contributed by atoms with Crippen LogP contribution in [0.25, 0.3) is 0 Å². The number of rotatable bonds is 3. The fourth-order valence-electron chi connectivity index (χ4n) is 2.96. The van der Waals surface area contributed by atoms with Crippen molar-refractivity contribution in [1.82, 2.24) is 14.7 Å². The average molecular weight is 283 g/mol. The number of hydrogen-bond donors (Lipinski definition) is 0. The topological polar surface area (TPSA) is 38.1 Å². The smallest absolute Gasteiger partial charge is 0.274 e. The Morgan fingerprint density at radius 1 is 1.24 bits per heavy atom. The molecule has 0 spiro atoms. The molecular formula is C17H21N3O. The molecule has 4 heteroatoms. The van der Waals surface area contributed by atoms with Crippen molar-refractivity contribution in [2.24, 2.45) is 0 Å². The minimum atomic E-state index is -0.0553. The van der Waals surface area contributed by atoms with Crippen molar-refractivity contribution >= 4 is 5.91 Å². The molecular weight excluding hydrogens is 262 g/mol. The first-order valence-corrected chi connectivity index (χ1v) is 7.46. The van der Waals surface area contributed by atoms with Gasteiger partial charge in [-0.1, -0.05) is 30.3 Å². The molecule has 0 N–H and O–H groups in total. The second kappa shape index (κ2) is 5.35. The van der Waals surface area contributed by atoms with Gasteiger partial charge in [-0.15, -0.1) is 0 Å². The van der Waals surface area contributed by atoms with Crippen LogP contribution in [0.15, 0.2) is 42.6 Å². The summed E-state index contributed by atoms with van der Waals surface area (Å²) in [6.45, 7) is 5.77. The Balaban J connectivity index is 1.74. The standard InChI is InChI=1S/C17H21N3O/c1-17(2)10-6-11-20(17)16(21)15-9-12-19(18-15)13-14-7-4-3-5-8-14/h3-5,7-9,12H,6,10-11,13H2,1-2H3. The Kier molecular flexibility index (Phi) is 3.53. The molecule has 21 heavy (non-hydrogen) atoms. The Hall–Kier alpha value is -2.10. The van der Waals surface area contributed by atoms with Crippen molar-refractivity contribution in [3.63, 3.8) is 0 Å². The highest BCUT2D eigenvalue weighted by molar-refractivity contribution is 5.92. The van der Waals surface area contributed by atoms with E-state index in [2.05, 4.69) is 31.1 Å². The molecule has 0 saturated carbocycles. The van der Waals surface area contributed by atoms with Gasteiger partial charge >= 0.3 is 0 Å². The zero-order chi connectivity index (χ0) is 14.9. The van der Waals surface area contributed by atoms with Crippen molar-refractivity contribution in [2.45, 2.75) is 38.8 Å². The molecule has 1 fully saturated rings. The maximum atomic E-state index is 12.6. The SMILES string of the molecule is CC1(C)CCCN1C(=O)c1ccn(Cc2ccccc2)n1. The molecule has 1 aliphatic rings. The van der Waals surface area contributed by atoms with Crippen LogP contribution < -0.4 is 0 Å². The van der Waals surface area contributed by atoms with E-state index in [0.717, 1.165) is 19.4 Å². The van der Waals surface area contributed by atoms with E-state index in [-0.39, 0.29) is 11.4 Å². The average Bonchev–Trinajstić information content (AvgIpc) is 3.05. The Labute approximate surface area is 125 Å². The van der Waals surface area contributed by atoms with Gasteiger partial charge in [0.2, 0.25) is 0 Å². The van der Waals surface area contributed by atoms with Crippen LogP contribution >= 0.6 is 0 Å². The molecule has 1 aromatic heterocycles. The van der Waals surface area contributed by atoms with Crippen LogP contribution in [0.4, 0.5) is 0 Å². The van der Waals surface area contributed by atoms with Gasteiger partial charge in [-0.25, -0.2) is 0 Å². The first kappa shape index (κ1) is 13.9. The lowest BCUT2D eigenvalue weighted by atomic mass is 10.0. The third kappa shape index (κ3) is 2.84. The lowest BCUT2D eigenvalue weighted by Gasteiger charge is -2.30. The van der Waals surface area contributed by atoms with Crippen LogP contribution in [0, 0.1) is 0 Å². The van der Waals surface area contributed by atoms with Crippen LogP contribution in [0.3, 0.4) is 0 Å². The van der Waals surface area contributed by atoms with Gasteiger partial charge in [0, 0.05) is 18.3 Å². The van der Waals surface area contributed by atoms with Crippen molar-refractivity contribution in [2.75, 3.05) is 6.54 Å². The number of carbonyl (C=O) groups excluding carboxylic acids is 1. The van der Waals surface area contributed by atoms with E-state index >= 15 is 0 Å². The van der Waals surface area contributed by atoms with E-state index in [9.17, 15) is 4.79 Å². The third-order valence-corrected chi connectivity index (χ3v) is 4.19. The summed E-state index contributed by atoms with van der Waals surface area (Å²) in [7, 11) is 0. The molecule has 0 unspecified atom stereocenters. The van der Waals surface area contributed by atoms with Crippen molar-refractivity contribution in [1.29, 1.82) is 0 Å². The third-order valence-electron chi connectivity index (χ3n) is 4.19. The minimum Gasteiger partial charge on any atom is -0.332 e. The maximum Gasteiger partial charge on any atom is 0.274 e. The number of benzene rings is 1. The summed E-state index contributed by atoms with van der Waals surface area (Å²) >= 11 is 0.